The molecule has 4 N–H and O–H groups in total. The van der Waals surface area contributed by atoms with Crippen LogP contribution in [0.1, 0.15) is 23.2 Å². The lowest BCUT2D eigenvalue weighted by Crippen LogP contribution is -2.33. The van der Waals surface area contributed by atoms with Gasteiger partial charge in [0.05, 0.1) is 18.3 Å². The molecule has 0 unspecified atom stereocenters. The highest BCUT2D eigenvalue weighted by Gasteiger charge is 2.12. The predicted octanol–water partition coefficient (Wildman–Crippen LogP) is 1.73. The Labute approximate surface area is 127 Å². The second-order valence-corrected chi connectivity index (χ2v) is 5.66. The van der Waals surface area contributed by atoms with Crippen molar-refractivity contribution in [2.45, 2.75) is 18.9 Å². The topological polar surface area (TPSA) is 76.4 Å². The van der Waals surface area contributed by atoms with Crippen molar-refractivity contribution < 1.29 is 9.53 Å². The molecule has 1 aliphatic rings. The molecule has 1 fully saturated rings. The molecule has 2 rings (SSSR count). The molecule has 0 aromatic heterocycles. The number of primary amides is 1. The van der Waals surface area contributed by atoms with E-state index in [1.165, 1.54) is 0 Å². The maximum absolute atomic E-state index is 11.1. The van der Waals surface area contributed by atoms with Crippen LogP contribution in [-0.4, -0.2) is 38.3 Å². The van der Waals surface area contributed by atoms with Gasteiger partial charge in [0.15, 0.2) is 0 Å². The van der Waals surface area contributed by atoms with Gasteiger partial charge in [0.25, 0.3) is 0 Å². The van der Waals surface area contributed by atoms with E-state index in [1.54, 1.807) is 6.07 Å². The zero-order valence-electron chi connectivity index (χ0n) is 11.3. The highest BCUT2D eigenvalue weighted by Crippen LogP contribution is 2.21. The minimum Gasteiger partial charge on any atom is -0.383 e. The van der Waals surface area contributed by atoms with Crippen LogP contribution in [0.25, 0.3) is 0 Å². The summed E-state index contributed by atoms with van der Waals surface area (Å²) in [6, 6.07) is 5.41. The summed E-state index contributed by atoms with van der Waals surface area (Å²) in [4.78, 5) is 11.1. The average molecular weight is 342 g/mol. The van der Waals surface area contributed by atoms with E-state index in [1.807, 2.05) is 12.1 Å². The van der Waals surface area contributed by atoms with Crippen LogP contribution >= 0.6 is 15.9 Å². The fourth-order valence-corrected chi connectivity index (χ4v) is 2.78. The van der Waals surface area contributed by atoms with E-state index in [2.05, 4.69) is 26.6 Å². The molecule has 1 aromatic rings. The zero-order valence-corrected chi connectivity index (χ0v) is 12.9. The third kappa shape index (κ3) is 4.47. The third-order valence-electron chi connectivity index (χ3n) is 3.31. The largest absolute Gasteiger partial charge is 0.383 e. The Kier molecular flexibility index (Phi) is 5.82. The lowest BCUT2D eigenvalue weighted by Gasteiger charge is -2.23. The second kappa shape index (κ2) is 7.61. The number of hydrogen-bond acceptors (Lipinski definition) is 4. The van der Waals surface area contributed by atoms with Crippen LogP contribution in [-0.2, 0) is 4.74 Å². The van der Waals surface area contributed by atoms with Gasteiger partial charge in [-0.3, -0.25) is 4.79 Å². The van der Waals surface area contributed by atoms with Gasteiger partial charge in [0.2, 0.25) is 5.91 Å². The summed E-state index contributed by atoms with van der Waals surface area (Å²) in [5, 5.41) is 6.58. The molecule has 0 bridgehead atoms. The highest BCUT2D eigenvalue weighted by atomic mass is 79.9. The van der Waals surface area contributed by atoms with Gasteiger partial charge in [-0.15, -0.1) is 0 Å². The summed E-state index contributed by atoms with van der Waals surface area (Å²) in [6.07, 6.45) is 2.54. The van der Waals surface area contributed by atoms with Crippen molar-refractivity contribution in [3.8, 4) is 0 Å². The molecule has 0 saturated carbocycles. The van der Waals surface area contributed by atoms with Gasteiger partial charge >= 0.3 is 0 Å². The monoisotopic (exact) mass is 341 g/mol. The number of carbonyl (C=O) groups excluding carboxylic acids is 1. The first-order chi connectivity index (χ1) is 9.66. The van der Waals surface area contributed by atoms with Crippen molar-refractivity contribution in [3.05, 3.63) is 28.2 Å². The fourth-order valence-electron chi connectivity index (χ4n) is 2.21. The van der Waals surface area contributed by atoms with Crippen LogP contribution in [0.15, 0.2) is 22.7 Å². The van der Waals surface area contributed by atoms with E-state index in [0.717, 1.165) is 38.2 Å². The van der Waals surface area contributed by atoms with Crippen LogP contribution in [0.3, 0.4) is 0 Å². The molecule has 0 atom stereocenters. The molecule has 1 heterocycles. The van der Waals surface area contributed by atoms with Gasteiger partial charge in [0, 0.05) is 16.7 Å². The van der Waals surface area contributed by atoms with E-state index in [4.69, 9.17) is 10.5 Å². The van der Waals surface area contributed by atoms with Gasteiger partial charge in [-0.1, -0.05) is 0 Å². The number of rotatable bonds is 6. The lowest BCUT2D eigenvalue weighted by molar-refractivity contribution is 0.0394. The average Bonchev–Trinajstić information content (AvgIpc) is 2.44. The van der Waals surface area contributed by atoms with Crippen molar-refractivity contribution >= 4 is 27.5 Å². The smallest absolute Gasteiger partial charge is 0.249 e. The number of nitrogens with one attached hydrogen (secondary N) is 2. The lowest BCUT2D eigenvalue weighted by atomic mass is 10.1. The first-order valence-electron chi connectivity index (χ1n) is 6.82. The molecule has 1 aromatic carbocycles. The molecule has 20 heavy (non-hydrogen) atoms. The normalized spacial score (nSPS) is 16.1. The van der Waals surface area contributed by atoms with Crippen molar-refractivity contribution in [3.63, 3.8) is 0 Å². The Hall–Kier alpha value is -1.11. The molecule has 1 aliphatic heterocycles. The summed E-state index contributed by atoms with van der Waals surface area (Å²) in [5.74, 6) is -0.433. The van der Waals surface area contributed by atoms with Gasteiger partial charge in [-0.25, -0.2) is 0 Å². The second-order valence-electron chi connectivity index (χ2n) is 4.81. The summed E-state index contributed by atoms with van der Waals surface area (Å²) >= 11 is 3.34. The number of nitrogens with two attached hydrogens (primary N) is 1. The number of amides is 1. The summed E-state index contributed by atoms with van der Waals surface area (Å²) < 4.78 is 6.51. The van der Waals surface area contributed by atoms with Gasteiger partial charge in [0.1, 0.15) is 0 Å². The maximum Gasteiger partial charge on any atom is 0.249 e. The van der Waals surface area contributed by atoms with Gasteiger partial charge < -0.3 is 21.1 Å². The van der Waals surface area contributed by atoms with Crippen LogP contribution < -0.4 is 16.4 Å². The summed E-state index contributed by atoms with van der Waals surface area (Å²) in [7, 11) is 0. The maximum atomic E-state index is 11.1. The molecule has 6 heteroatoms. The number of anilines is 1. The van der Waals surface area contributed by atoms with Crippen molar-refractivity contribution in [1.82, 2.24) is 5.32 Å². The Morgan fingerprint density at radius 2 is 2.20 bits per heavy atom. The Morgan fingerprint density at radius 3 is 2.85 bits per heavy atom. The molecule has 1 amide bonds. The predicted molar refractivity (Wildman–Crippen MR) is 83.0 cm³/mol. The Bertz CT molecular complexity index is 462. The molecule has 110 valence electrons. The van der Waals surface area contributed by atoms with Crippen LogP contribution in [0.5, 0.6) is 0 Å². The minimum atomic E-state index is -0.433. The standard InChI is InChI=1S/C14H20BrN3O2/c15-13-9-10(1-2-12(13)14(16)19)18-7-8-20-11-3-5-17-6-4-11/h1-2,9,11,17-18H,3-8H2,(H2,16,19). The molecule has 0 spiro atoms. The zero-order chi connectivity index (χ0) is 14.4. The number of benzene rings is 1. The first-order valence-corrected chi connectivity index (χ1v) is 7.61. The number of halogens is 1. The molecule has 5 nitrogen and oxygen atoms in total. The first kappa shape index (κ1) is 15.3. The number of ether oxygens (including phenoxy) is 1. The van der Waals surface area contributed by atoms with E-state index in [0.29, 0.717) is 22.7 Å². The molecule has 0 aliphatic carbocycles. The molecule has 0 radical (unpaired) electrons. The fraction of sp³-hybridized carbons (Fsp3) is 0.500. The Morgan fingerprint density at radius 1 is 1.45 bits per heavy atom. The van der Waals surface area contributed by atoms with E-state index in [-0.39, 0.29) is 0 Å². The van der Waals surface area contributed by atoms with Gasteiger partial charge in [-0.2, -0.15) is 0 Å². The Balaban J connectivity index is 1.73. The number of piperidine rings is 1. The van der Waals surface area contributed by atoms with Crippen LogP contribution in [0.2, 0.25) is 0 Å². The van der Waals surface area contributed by atoms with Crippen LogP contribution in [0.4, 0.5) is 5.69 Å². The molecule has 1 saturated heterocycles. The van der Waals surface area contributed by atoms with Gasteiger partial charge in [-0.05, 0) is 60.1 Å². The highest BCUT2D eigenvalue weighted by molar-refractivity contribution is 9.10. The number of hydrogen-bond donors (Lipinski definition) is 3. The minimum absolute atomic E-state index is 0.377. The van der Waals surface area contributed by atoms with E-state index in [9.17, 15) is 4.79 Å². The molecular formula is C14H20BrN3O2. The summed E-state index contributed by atoms with van der Waals surface area (Å²) in [6.45, 7) is 3.51. The summed E-state index contributed by atoms with van der Waals surface area (Å²) in [5.41, 5.74) is 6.68. The van der Waals surface area contributed by atoms with E-state index < -0.39 is 5.91 Å². The third-order valence-corrected chi connectivity index (χ3v) is 3.96. The van der Waals surface area contributed by atoms with Crippen molar-refractivity contribution in [2.24, 2.45) is 5.73 Å². The number of carbonyl (C=O) groups is 1. The van der Waals surface area contributed by atoms with E-state index >= 15 is 0 Å². The van der Waals surface area contributed by atoms with Crippen molar-refractivity contribution in [2.75, 3.05) is 31.6 Å². The quantitative estimate of drug-likeness (QED) is 0.688. The van der Waals surface area contributed by atoms with Crippen molar-refractivity contribution in [1.29, 1.82) is 0 Å². The SMILES string of the molecule is NC(=O)c1ccc(NCCOC2CCNCC2)cc1Br. The molecular weight excluding hydrogens is 322 g/mol. The van der Waals surface area contributed by atoms with Crippen LogP contribution in [0, 0.1) is 0 Å².